The maximum Gasteiger partial charge on any atom is 0.409 e. The van der Waals surface area contributed by atoms with Gasteiger partial charge in [-0.1, -0.05) is 0 Å². The third-order valence-electron chi connectivity index (χ3n) is 2.20. The Morgan fingerprint density at radius 2 is 2.38 bits per heavy atom. The summed E-state index contributed by atoms with van der Waals surface area (Å²) in [6.45, 7) is 3.28. The van der Waals surface area contributed by atoms with Gasteiger partial charge in [0.2, 0.25) is 0 Å². The molecule has 5 nitrogen and oxygen atoms in total. The van der Waals surface area contributed by atoms with E-state index in [0.717, 1.165) is 0 Å². The summed E-state index contributed by atoms with van der Waals surface area (Å²) in [5, 5.41) is 12.5. The van der Waals surface area contributed by atoms with Gasteiger partial charge in [-0.05, 0) is 6.92 Å². The lowest BCUT2D eigenvalue weighted by Crippen LogP contribution is -2.44. The molecule has 0 unspecified atom stereocenters. The summed E-state index contributed by atoms with van der Waals surface area (Å²) >= 11 is 0. The predicted octanol–water partition coefficient (Wildman–Crippen LogP) is -0.593. The van der Waals surface area contributed by atoms with E-state index in [0.29, 0.717) is 19.7 Å². The Morgan fingerprint density at radius 3 is 2.85 bits per heavy atom. The number of aliphatic hydroxyl groups excluding tert-OH is 1. The molecule has 0 aromatic heterocycles. The van der Waals surface area contributed by atoms with Crippen molar-refractivity contribution >= 4 is 6.09 Å². The first kappa shape index (κ1) is 10.3. The number of carbonyl (C=O) groups is 1. The van der Waals surface area contributed by atoms with Crippen LogP contribution >= 0.6 is 0 Å². The first-order valence-electron chi connectivity index (χ1n) is 4.45. The molecular formula is C8H16N2O3. The van der Waals surface area contributed by atoms with E-state index in [9.17, 15) is 9.90 Å². The minimum absolute atomic E-state index is 0.168. The van der Waals surface area contributed by atoms with Gasteiger partial charge in [0.15, 0.2) is 0 Å². The van der Waals surface area contributed by atoms with E-state index < -0.39 is 6.10 Å². The highest BCUT2D eigenvalue weighted by Gasteiger charge is 2.31. The van der Waals surface area contributed by atoms with E-state index in [2.05, 4.69) is 5.32 Å². The fourth-order valence-corrected chi connectivity index (χ4v) is 1.41. The van der Waals surface area contributed by atoms with Crippen molar-refractivity contribution < 1.29 is 14.6 Å². The molecule has 2 N–H and O–H groups in total. The Balaban J connectivity index is 2.45. The van der Waals surface area contributed by atoms with Gasteiger partial charge in [0, 0.05) is 20.1 Å². The standard InChI is InChI=1S/C8H16N2O3/c1-3-13-8(12)10(2)6-4-9-5-7(6)11/h6-7,9,11H,3-5H2,1-2H3/t6-,7-/m0/s1. The van der Waals surface area contributed by atoms with E-state index >= 15 is 0 Å². The Bertz CT molecular complexity index is 186. The zero-order valence-electron chi connectivity index (χ0n) is 7.99. The molecule has 0 radical (unpaired) electrons. The van der Waals surface area contributed by atoms with Crippen LogP contribution in [0.25, 0.3) is 0 Å². The number of hydrogen-bond donors (Lipinski definition) is 2. The second-order valence-corrected chi connectivity index (χ2v) is 3.10. The fourth-order valence-electron chi connectivity index (χ4n) is 1.41. The van der Waals surface area contributed by atoms with Gasteiger partial charge in [-0.15, -0.1) is 0 Å². The molecule has 5 heteroatoms. The zero-order chi connectivity index (χ0) is 9.84. The lowest BCUT2D eigenvalue weighted by atomic mass is 10.2. The van der Waals surface area contributed by atoms with Gasteiger partial charge in [0.25, 0.3) is 0 Å². The number of nitrogens with zero attached hydrogens (tertiary/aromatic N) is 1. The van der Waals surface area contributed by atoms with Gasteiger partial charge >= 0.3 is 6.09 Å². The van der Waals surface area contributed by atoms with Crippen molar-refractivity contribution in [2.45, 2.75) is 19.1 Å². The third kappa shape index (κ3) is 2.32. The number of rotatable bonds is 2. The minimum atomic E-state index is -0.491. The molecule has 0 aromatic rings. The maximum absolute atomic E-state index is 11.2. The zero-order valence-corrected chi connectivity index (χ0v) is 7.99. The van der Waals surface area contributed by atoms with Crippen molar-refractivity contribution in [3.05, 3.63) is 0 Å². The average molecular weight is 188 g/mol. The molecule has 0 aliphatic carbocycles. The first-order valence-corrected chi connectivity index (χ1v) is 4.45. The van der Waals surface area contributed by atoms with E-state index in [4.69, 9.17) is 4.74 Å². The SMILES string of the molecule is CCOC(=O)N(C)[C@H]1CNC[C@@H]1O. The molecule has 0 spiro atoms. The van der Waals surface area contributed by atoms with E-state index in [-0.39, 0.29) is 12.1 Å². The lowest BCUT2D eigenvalue weighted by Gasteiger charge is -2.25. The van der Waals surface area contributed by atoms with Crippen LogP contribution in [0.3, 0.4) is 0 Å². The number of aliphatic hydroxyl groups is 1. The van der Waals surface area contributed by atoms with Gasteiger partial charge in [0.05, 0.1) is 18.8 Å². The molecule has 0 bridgehead atoms. The molecular weight excluding hydrogens is 172 g/mol. The monoisotopic (exact) mass is 188 g/mol. The molecule has 13 heavy (non-hydrogen) atoms. The van der Waals surface area contributed by atoms with Crippen molar-refractivity contribution in [3.63, 3.8) is 0 Å². The number of amides is 1. The van der Waals surface area contributed by atoms with Crippen LogP contribution < -0.4 is 5.32 Å². The Morgan fingerprint density at radius 1 is 1.69 bits per heavy atom. The quantitative estimate of drug-likeness (QED) is 0.608. The van der Waals surface area contributed by atoms with Crippen LogP contribution in [0.4, 0.5) is 4.79 Å². The van der Waals surface area contributed by atoms with Crippen LogP contribution in [-0.2, 0) is 4.74 Å². The number of hydrogen-bond acceptors (Lipinski definition) is 4. The van der Waals surface area contributed by atoms with Crippen LogP contribution in [0.2, 0.25) is 0 Å². The highest BCUT2D eigenvalue weighted by Crippen LogP contribution is 2.08. The maximum atomic E-state index is 11.2. The van der Waals surface area contributed by atoms with E-state index in [1.165, 1.54) is 4.90 Å². The summed E-state index contributed by atoms with van der Waals surface area (Å²) < 4.78 is 4.81. The Kier molecular flexibility index (Phi) is 3.50. The minimum Gasteiger partial charge on any atom is -0.450 e. The molecule has 0 aromatic carbocycles. The Hall–Kier alpha value is -0.810. The molecule has 1 heterocycles. The first-order chi connectivity index (χ1) is 6.16. The van der Waals surface area contributed by atoms with Crippen LogP contribution in [0, 0.1) is 0 Å². The number of ether oxygens (including phenoxy) is 1. The average Bonchev–Trinajstić information content (AvgIpc) is 2.50. The van der Waals surface area contributed by atoms with Crippen molar-refractivity contribution in [1.29, 1.82) is 0 Å². The van der Waals surface area contributed by atoms with Crippen molar-refractivity contribution in [2.75, 3.05) is 26.7 Å². The number of likely N-dealkylation sites (N-methyl/N-ethyl adjacent to an activating group) is 1. The normalized spacial score (nSPS) is 27.3. The van der Waals surface area contributed by atoms with Gasteiger partial charge in [-0.3, -0.25) is 0 Å². The molecule has 76 valence electrons. The fraction of sp³-hybridized carbons (Fsp3) is 0.875. The van der Waals surface area contributed by atoms with Crippen molar-refractivity contribution in [3.8, 4) is 0 Å². The highest BCUT2D eigenvalue weighted by atomic mass is 16.6. The van der Waals surface area contributed by atoms with Gasteiger partial charge in [-0.25, -0.2) is 4.79 Å². The molecule has 1 amide bonds. The van der Waals surface area contributed by atoms with Crippen LogP contribution in [0.15, 0.2) is 0 Å². The van der Waals surface area contributed by atoms with Gasteiger partial charge in [0.1, 0.15) is 0 Å². The van der Waals surface area contributed by atoms with Crippen LogP contribution in [0.5, 0.6) is 0 Å². The lowest BCUT2D eigenvalue weighted by molar-refractivity contribution is 0.0683. The summed E-state index contributed by atoms with van der Waals surface area (Å²) in [6, 6.07) is -0.168. The van der Waals surface area contributed by atoms with Gasteiger partial charge in [-0.2, -0.15) is 0 Å². The summed E-state index contributed by atoms with van der Waals surface area (Å²) in [5.74, 6) is 0. The number of nitrogens with one attached hydrogen (secondary N) is 1. The second-order valence-electron chi connectivity index (χ2n) is 3.10. The molecule has 0 saturated carbocycles. The summed E-state index contributed by atoms with van der Waals surface area (Å²) in [4.78, 5) is 12.7. The molecule has 1 aliphatic rings. The molecule has 1 rings (SSSR count). The van der Waals surface area contributed by atoms with Crippen LogP contribution in [-0.4, -0.2) is 55.0 Å². The summed E-state index contributed by atoms with van der Waals surface area (Å²) in [6.07, 6.45) is -0.871. The van der Waals surface area contributed by atoms with E-state index in [1.807, 2.05) is 0 Å². The summed E-state index contributed by atoms with van der Waals surface area (Å²) in [5.41, 5.74) is 0. The molecule has 1 aliphatic heterocycles. The predicted molar refractivity (Wildman–Crippen MR) is 47.4 cm³/mol. The Labute approximate surface area is 77.7 Å². The topological polar surface area (TPSA) is 61.8 Å². The third-order valence-corrected chi connectivity index (χ3v) is 2.20. The van der Waals surface area contributed by atoms with Crippen molar-refractivity contribution in [2.24, 2.45) is 0 Å². The van der Waals surface area contributed by atoms with Crippen LogP contribution in [0.1, 0.15) is 6.92 Å². The number of β-amino-alcohol motifs (C(OH)–C–C–N with tert-alkyl or cyclic N) is 1. The molecule has 2 atom stereocenters. The highest BCUT2D eigenvalue weighted by molar-refractivity contribution is 5.67. The smallest absolute Gasteiger partial charge is 0.409 e. The molecule has 1 saturated heterocycles. The number of carbonyl (C=O) groups excluding carboxylic acids is 1. The largest absolute Gasteiger partial charge is 0.450 e. The molecule has 1 fully saturated rings. The second kappa shape index (κ2) is 4.43. The summed E-state index contributed by atoms with van der Waals surface area (Å²) in [7, 11) is 1.64. The van der Waals surface area contributed by atoms with Crippen molar-refractivity contribution in [1.82, 2.24) is 10.2 Å². The van der Waals surface area contributed by atoms with Gasteiger partial charge < -0.3 is 20.1 Å². The van der Waals surface area contributed by atoms with E-state index in [1.54, 1.807) is 14.0 Å².